The van der Waals surface area contributed by atoms with Gasteiger partial charge in [0.2, 0.25) is 5.71 Å². The standard InChI is InChI=1S/C25H15N2O.C24H27N2OSi.Ir/c1-2-9-17(10-3-1)27-22-15-6-5-14-21(22)26-25(27)20-13-8-12-19-18-11-4-7-16-23(18)28-24(19)20;1-15(2)12-17-13-21(25-14-22(17)28(4,5)6)20-9-7-8-18-19-11-10-16(3)26-24(19)27-23(18)20;/h1-12,14-16H;7-8,10-11,13-15H,12H2,1-6H3;/q2*-1;. The number of para-hydroxylation sites is 4. The van der Waals surface area contributed by atoms with E-state index in [2.05, 4.69) is 104 Å². The summed E-state index contributed by atoms with van der Waals surface area (Å²) in [5, 5.41) is 5.74. The van der Waals surface area contributed by atoms with Crippen LogP contribution in [-0.4, -0.2) is 27.6 Å². The molecule has 0 N–H and O–H groups in total. The summed E-state index contributed by atoms with van der Waals surface area (Å²) in [5.74, 6) is 1.43. The predicted octanol–water partition coefficient (Wildman–Crippen LogP) is 12.3. The summed E-state index contributed by atoms with van der Waals surface area (Å²) in [6, 6.07) is 47.7. The number of benzene rings is 5. The molecule has 0 aliphatic carbocycles. The molecule has 0 unspecified atom stereocenters. The van der Waals surface area contributed by atoms with E-state index in [4.69, 9.17) is 18.8 Å². The fraction of sp³-hybridized carbons (Fsp3) is 0.163. The Morgan fingerprint density at radius 1 is 0.702 bits per heavy atom. The number of rotatable bonds is 6. The van der Waals surface area contributed by atoms with Crippen LogP contribution in [0, 0.1) is 25.0 Å². The third kappa shape index (κ3) is 7.14. The average molecular weight is 939 g/mol. The molecule has 1 radical (unpaired) electrons. The van der Waals surface area contributed by atoms with Gasteiger partial charge in [0.05, 0.1) is 36.1 Å². The van der Waals surface area contributed by atoms with E-state index in [1.807, 2.05) is 85.8 Å². The van der Waals surface area contributed by atoms with E-state index < -0.39 is 8.07 Å². The van der Waals surface area contributed by atoms with Gasteiger partial charge in [0.1, 0.15) is 5.58 Å². The molecule has 5 aromatic carbocycles. The first-order valence-electron chi connectivity index (χ1n) is 19.2. The molecule has 10 aromatic rings. The van der Waals surface area contributed by atoms with Gasteiger partial charge < -0.3 is 18.4 Å². The summed E-state index contributed by atoms with van der Waals surface area (Å²) in [6.45, 7) is 13.7. The van der Waals surface area contributed by atoms with E-state index in [9.17, 15) is 0 Å². The maximum Gasteiger partial charge on any atom is 0.216 e. The predicted molar refractivity (Wildman–Crippen MR) is 232 cm³/mol. The van der Waals surface area contributed by atoms with Gasteiger partial charge >= 0.3 is 0 Å². The Labute approximate surface area is 347 Å². The van der Waals surface area contributed by atoms with Gasteiger partial charge in [0, 0.05) is 48.5 Å². The van der Waals surface area contributed by atoms with Crippen molar-refractivity contribution in [3.8, 4) is 28.3 Å². The van der Waals surface area contributed by atoms with Gasteiger partial charge in [-0.25, -0.2) is 4.98 Å². The van der Waals surface area contributed by atoms with Crippen LogP contribution >= 0.6 is 0 Å². The number of nitrogens with zero attached hydrogens (tertiary/aromatic N) is 4. The van der Waals surface area contributed by atoms with Gasteiger partial charge in [-0.1, -0.05) is 116 Å². The minimum Gasteiger partial charge on any atom is -0.501 e. The molecule has 0 aliphatic rings. The van der Waals surface area contributed by atoms with Crippen LogP contribution < -0.4 is 5.19 Å². The molecule has 0 fully saturated rings. The zero-order chi connectivity index (χ0) is 38.6. The maximum absolute atomic E-state index is 6.24. The third-order valence-electron chi connectivity index (χ3n) is 10.3. The molecule has 8 heteroatoms. The normalized spacial score (nSPS) is 11.8. The molecule has 0 saturated carbocycles. The SMILES string of the molecule is Cc1ccc2c(n1)oc1c(-c3cc(CC(C)C)c([Si](C)(C)C)cn3)[c-]ccc12.[Ir].[c-]1ccc2c(oc3ccccc32)c1-c1nc2ccccc2n1-c1ccccc1. The fourth-order valence-corrected chi connectivity index (χ4v) is 9.30. The Morgan fingerprint density at radius 3 is 2.16 bits per heavy atom. The van der Waals surface area contributed by atoms with E-state index >= 15 is 0 Å². The van der Waals surface area contributed by atoms with Gasteiger partial charge in [0.15, 0.2) is 0 Å². The quantitative estimate of drug-likeness (QED) is 0.123. The topological polar surface area (TPSA) is 69.9 Å². The number of fused-ring (bicyclic) bond motifs is 7. The Balaban J connectivity index is 0.000000157. The van der Waals surface area contributed by atoms with E-state index in [0.29, 0.717) is 11.6 Å². The molecule has 0 spiro atoms. The van der Waals surface area contributed by atoms with Crippen LogP contribution in [0.3, 0.4) is 0 Å². The van der Waals surface area contributed by atoms with Crippen LogP contribution in [0.25, 0.3) is 83.4 Å². The number of aromatic nitrogens is 4. The van der Waals surface area contributed by atoms with Crippen molar-refractivity contribution in [1.29, 1.82) is 0 Å². The summed E-state index contributed by atoms with van der Waals surface area (Å²) in [6.07, 6.45) is 3.16. The largest absolute Gasteiger partial charge is 0.501 e. The Bertz CT molecular complexity index is 3050. The summed E-state index contributed by atoms with van der Waals surface area (Å²) in [5.41, 5.74) is 11.3. The van der Waals surface area contributed by atoms with Gasteiger partial charge in [-0.2, -0.15) is 0 Å². The van der Waals surface area contributed by atoms with E-state index in [1.54, 1.807) is 0 Å². The Morgan fingerprint density at radius 2 is 1.39 bits per heavy atom. The minimum absolute atomic E-state index is 0. The first-order valence-corrected chi connectivity index (χ1v) is 22.7. The van der Waals surface area contributed by atoms with Crippen LogP contribution in [0.1, 0.15) is 25.1 Å². The second kappa shape index (κ2) is 15.4. The van der Waals surface area contributed by atoms with Crippen molar-refractivity contribution in [3.63, 3.8) is 0 Å². The van der Waals surface area contributed by atoms with Crippen molar-refractivity contribution >= 4 is 68.3 Å². The minimum atomic E-state index is -1.46. The number of hydrogen-bond acceptors (Lipinski definition) is 5. The molecule has 285 valence electrons. The second-order valence-electron chi connectivity index (χ2n) is 15.9. The van der Waals surface area contributed by atoms with Crippen LogP contribution in [-0.2, 0) is 26.5 Å². The Hall–Kier alpha value is -5.66. The molecular weight excluding hydrogens is 897 g/mol. The molecule has 0 atom stereocenters. The second-order valence-corrected chi connectivity index (χ2v) is 20.9. The van der Waals surface area contributed by atoms with Crippen molar-refractivity contribution in [2.45, 2.75) is 46.8 Å². The molecule has 10 rings (SSSR count). The van der Waals surface area contributed by atoms with Crippen molar-refractivity contribution < 1.29 is 28.9 Å². The van der Waals surface area contributed by atoms with E-state index in [0.717, 1.165) is 89.8 Å². The maximum atomic E-state index is 6.24. The van der Waals surface area contributed by atoms with Gasteiger partial charge in [-0.05, 0) is 72.6 Å². The fourth-order valence-electron chi connectivity index (χ4n) is 7.71. The number of pyridine rings is 2. The molecular formula is C49H42IrN4O2Si-2. The van der Waals surface area contributed by atoms with Gasteiger partial charge in [-0.3, -0.25) is 4.98 Å². The monoisotopic (exact) mass is 939 g/mol. The van der Waals surface area contributed by atoms with Crippen LogP contribution in [0.15, 0.2) is 136 Å². The summed E-state index contributed by atoms with van der Waals surface area (Å²) < 4.78 is 14.6. The molecule has 0 amide bonds. The third-order valence-corrected chi connectivity index (χ3v) is 12.3. The summed E-state index contributed by atoms with van der Waals surface area (Å²) in [7, 11) is -1.46. The molecule has 0 bridgehead atoms. The first-order chi connectivity index (χ1) is 27.1. The van der Waals surface area contributed by atoms with E-state index in [-0.39, 0.29) is 20.1 Å². The van der Waals surface area contributed by atoms with Crippen molar-refractivity contribution in [2.75, 3.05) is 0 Å². The van der Waals surface area contributed by atoms with Gasteiger partial charge in [-0.15, -0.1) is 36.4 Å². The van der Waals surface area contributed by atoms with Crippen LogP contribution in [0.2, 0.25) is 19.6 Å². The van der Waals surface area contributed by atoms with Crippen molar-refractivity contribution in [1.82, 2.24) is 19.5 Å². The number of hydrogen-bond donors (Lipinski definition) is 0. The molecule has 5 heterocycles. The molecule has 5 aromatic heterocycles. The zero-order valence-electron chi connectivity index (χ0n) is 32.8. The van der Waals surface area contributed by atoms with Crippen molar-refractivity contribution in [2.24, 2.45) is 5.92 Å². The van der Waals surface area contributed by atoms with Crippen molar-refractivity contribution in [3.05, 3.63) is 151 Å². The zero-order valence-corrected chi connectivity index (χ0v) is 36.2. The van der Waals surface area contributed by atoms with E-state index in [1.165, 1.54) is 10.8 Å². The smallest absolute Gasteiger partial charge is 0.216 e. The van der Waals surface area contributed by atoms with Crippen LogP contribution in [0.5, 0.6) is 0 Å². The number of imidazole rings is 1. The van der Waals surface area contributed by atoms with Gasteiger partial charge in [0.25, 0.3) is 0 Å². The molecule has 0 saturated heterocycles. The van der Waals surface area contributed by atoms with Crippen LogP contribution in [0.4, 0.5) is 0 Å². The molecule has 6 nitrogen and oxygen atoms in total. The molecule has 57 heavy (non-hydrogen) atoms. The Kier molecular flexibility index (Phi) is 10.3. The molecule has 0 aliphatic heterocycles. The first kappa shape index (κ1) is 38.2. The number of aryl methyl sites for hydroxylation is 1. The summed E-state index contributed by atoms with van der Waals surface area (Å²) >= 11 is 0. The number of furan rings is 2. The average Bonchev–Trinajstić information content (AvgIpc) is 3.89. The summed E-state index contributed by atoms with van der Waals surface area (Å²) in [4.78, 5) is 14.4.